The van der Waals surface area contributed by atoms with Crippen LogP contribution in [0.15, 0.2) is 211 Å². The first-order chi connectivity index (χ1) is 30.2. The van der Waals surface area contributed by atoms with E-state index in [-0.39, 0.29) is 5.56 Å². The molecule has 0 saturated heterocycles. The lowest BCUT2D eigenvalue weighted by Crippen LogP contribution is -2.19. The lowest BCUT2D eigenvalue weighted by molar-refractivity contribution is 0.953. The first-order valence-corrected chi connectivity index (χ1v) is 20.3. The van der Waals surface area contributed by atoms with Gasteiger partial charge in [-0.3, -0.25) is 13.9 Å². The third kappa shape index (κ3) is 5.52. The van der Waals surface area contributed by atoms with Crippen LogP contribution < -0.4 is 5.56 Å². The van der Waals surface area contributed by atoms with Crippen molar-refractivity contribution in [3.05, 3.63) is 217 Å². The molecule has 0 atom stereocenters. The number of rotatable bonds is 6. The van der Waals surface area contributed by atoms with Crippen molar-refractivity contribution in [2.75, 3.05) is 0 Å². The van der Waals surface area contributed by atoms with Crippen molar-refractivity contribution in [1.82, 2.24) is 28.7 Å². The van der Waals surface area contributed by atoms with E-state index in [9.17, 15) is 0 Å². The standard InChI is InChI=1S/C54H34N6O/c61-53-49-44-34-38(37-29-31-47-43(33-37)41-25-13-15-27-45(41)58(47)39-21-9-3-10-22-39)30-32-48(44)60(50(49)42-26-14-16-28-46(42)59(53)40-23-11-4-12-24-40)54-56-51(35-17-5-1-6-18-35)55-52(57-54)36-19-7-2-8-20-36/h1-34H. The number of benzene rings is 8. The van der Waals surface area contributed by atoms with Crippen LogP contribution in [0.5, 0.6) is 0 Å². The third-order valence-electron chi connectivity index (χ3n) is 11.7. The van der Waals surface area contributed by atoms with Gasteiger partial charge in [0.15, 0.2) is 11.6 Å². The second-order valence-electron chi connectivity index (χ2n) is 15.2. The lowest BCUT2D eigenvalue weighted by atomic mass is 10.0. The van der Waals surface area contributed by atoms with E-state index in [4.69, 9.17) is 15.0 Å². The first-order valence-electron chi connectivity index (χ1n) is 20.3. The molecule has 0 aliphatic heterocycles. The first kappa shape index (κ1) is 34.6. The highest BCUT2D eigenvalue weighted by Gasteiger charge is 2.24. The van der Waals surface area contributed by atoms with Gasteiger partial charge in [-0.2, -0.15) is 9.97 Å². The number of fused-ring (bicyclic) bond motifs is 8. The van der Waals surface area contributed by atoms with Gasteiger partial charge in [-0.05, 0) is 71.8 Å². The van der Waals surface area contributed by atoms with Gasteiger partial charge in [0.05, 0.1) is 33.0 Å². The molecule has 0 amide bonds. The van der Waals surface area contributed by atoms with Gasteiger partial charge < -0.3 is 4.57 Å². The molecule has 0 aliphatic rings. The van der Waals surface area contributed by atoms with Crippen LogP contribution in [0.2, 0.25) is 0 Å². The second-order valence-corrected chi connectivity index (χ2v) is 15.2. The zero-order valence-corrected chi connectivity index (χ0v) is 32.7. The molecule has 4 aromatic heterocycles. The molecule has 4 heterocycles. The number of aromatic nitrogens is 6. The SMILES string of the molecule is O=c1c2c3cc(-c4ccc5c(c4)c4ccccc4n5-c4ccccc4)ccc3n(-c3nc(-c4ccccc4)nc(-c4ccccc4)n3)c2c2ccccc2n1-c1ccccc1. The van der Waals surface area contributed by atoms with Crippen LogP contribution in [0.25, 0.3) is 106 Å². The molecule has 0 aliphatic carbocycles. The molecule has 0 radical (unpaired) electrons. The van der Waals surface area contributed by atoms with Crippen molar-refractivity contribution in [2.45, 2.75) is 0 Å². The lowest BCUT2D eigenvalue weighted by Gasteiger charge is -2.14. The Labute approximate surface area is 349 Å². The molecule has 0 saturated carbocycles. The molecule has 0 N–H and O–H groups in total. The van der Waals surface area contributed by atoms with E-state index in [1.165, 1.54) is 5.39 Å². The maximum atomic E-state index is 15.4. The van der Waals surface area contributed by atoms with Gasteiger partial charge in [0.25, 0.3) is 5.56 Å². The summed E-state index contributed by atoms with van der Waals surface area (Å²) in [5.41, 5.74) is 10.2. The number of hydrogen-bond donors (Lipinski definition) is 0. The number of nitrogens with zero attached hydrogens (tertiary/aromatic N) is 6. The van der Waals surface area contributed by atoms with Crippen LogP contribution >= 0.6 is 0 Å². The predicted molar refractivity (Wildman–Crippen MR) is 248 cm³/mol. The smallest absolute Gasteiger partial charge is 0.265 e. The molecule has 12 rings (SSSR count). The molecule has 7 heteroatoms. The molecule has 12 aromatic rings. The van der Waals surface area contributed by atoms with Crippen molar-refractivity contribution in [1.29, 1.82) is 0 Å². The Kier molecular flexibility index (Phi) is 7.86. The molecule has 0 bridgehead atoms. The average Bonchev–Trinajstić information content (AvgIpc) is 3.86. The van der Waals surface area contributed by atoms with Crippen molar-refractivity contribution in [3.63, 3.8) is 0 Å². The minimum atomic E-state index is -0.122. The molecule has 286 valence electrons. The predicted octanol–water partition coefficient (Wildman–Crippen LogP) is 12.4. The normalized spacial score (nSPS) is 11.7. The summed E-state index contributed by atoms with van der Waals surface area (Å²) >= 11 is 0. The monoisotopic (exact) mass is 782 g/mol. The van der Waals surface area contributed by atoms with Gasteiger partial charge in [0.2, 0.25) is 5.95 Å². The maximum absolute atomic E-state index is 15.4. The van der Waals surface area contributed by atoms with Crippen molar-refractivity contribution < 1.29 is 0 Å². The fourth-order valence-corrected chi connectivity index (χ4v) is 8.98. The van der Waals surface area contributed by atoms with Crippen molar-refractivity contribution >= 4 is 54.5 Å². The quantitative estimate of drug-likeness (QED) is 0.168. The molecule has 61 heavy (non-hydrogen) atoms. The Morgan fingerprint density at radius 3 is 1.36 bits per heavy atom. The Balaban J connectivity index is 1.17. The highest BCUT2D eigenvalue weighted by atomic mass is 16.1. The second kappa shape index (κ2) is 13.9. The van der Waals surface area contributed by atoms with Crippen molar-refractivity contribution in [3.8, 4) is 51.2 Å². The fraction of sp³-hybridized carbons (Fsp3) is 0. The number of pyridine rings is 1. The van der Waals surface area contributed by atoms with Crippen molar-refractivity contribution in [2.24, 2.45) is 0 Å². The molecule has 0 fully saturated rings. The van der Waals surface area contributed by atoms with Gasteiger partial charge in [0.1, 0.15) is 0 Å². The third-order valence-corrected chi connectivity index (χ3v) is 11.7. The van der Waals surface area contributed by atoms with E-state index < -0.39 is 0 Å². The van der Waals surface area contributed by atoms with Gasteiger partial charge >= 0.3 is 0 Å². The van der Waals surface area contributed by atoms with E-state index in [1.807, 2.05) is 120 Å². The highest BCUT2D eigenvalue weighted by Crippen LogP contribution is 2.39. The van der Waals surface area contributed by atoms with E-state index >= 15 is 4.79 Å². The Morgan fingerprint density at radius 1 is 0.328 bits per heavy atom. The summed E-state index contributed by atoms with van der Waals surface area (Å²) in [5, 5.41) is 4.63. The van der Waals surface area contributed by atoms with Gasteiger partial charge in [-0.25, -0.2) is 4.98 Å². The van der Waals surface area contributed by atoms with E-state index in [2.05, 4.69) is 100 Å². The zero-order valence-electron chi connectivity index (χ0n) is 32.7. The Morgan fingerprint density at radius 2 is 0.770 bits per heavy atom. The Bertz CT molecular complexity index is 3650. The summed E-state index contributed by atoms with van der Waals surface area (Å²) in [7, 11) is 0. The summed E-state index contributed by atoms with van der Waals surface area (Å²) < 4.78 is 6.21. The van der Waals surface area contributed by atoms with E-state index in [1.54, 1.807) is 0 Å². The summed E-state index contributed by atoms with van der Waals surface area (Å²) in [6.07, 6.45) is 0. The maximum Gasteiger partial charge on any atom is 0.265 e. The molecule has 7 nitrogen and oxygen atoms in total. The van der Waals surface area contributed by atoms with Gasteiger partial charge in [-0.1, -0.05) is 146 Å². The van der Waals surface area contributed by atoms with Crippen LogP contribution in [-0.2, 0) is 0 Å². The molecule has 0 spiro atoms. The van der Waals surface area contributed by atoms with Crippen LogP contribution in [-0.4, -0.2) is 28.7 Å². The van der Waals surface area contributed by atoms with E-state index in [0.717, 1.165) is 77.4 Å². The van der Waals surface area contributed by atoms with E-state index in [0.29, 0.717) is 23.0 Å². The van der Waals surface area contributed by atoms with Crippen LogP contribution in [0.4, 0.5) is 0 Å². The fourth-order valence-electron chi connectivity index (χ4n) is 8.98. The Hall–Kier alpha value is -8.42. The average molecular weight is 783 g/mol. The summed E-state index contributed by atoms with van der Waals surface area (Å²) in [5.74, 6) is 1.51. The largest absolute Gasteiger partial charge is 0.309 e. The molecular weight excluding hydrogens is 749 g/mol. The minimum absolute atomic E-state index is 0.122. The summed E-state index contributed by atoms with van der Waals surface area (Å²) in [6.45, 7) is 0. The van der Waals surface area contributed by atoms with Crippen LogP contribution in [0.1, 0.15) is 0 Å². The molecule has 0 unspecified atom stereocenters. The highest BCUT2D eigenvalue weighted by molar-refractivity contribution is 6.18. The topological polar surface area (TPSA) is 70.5 Å². The molecule has 8 aromatic carbocycles. The van der Waals surface area contributed by atoms with Gasteiger partial charge in [-0.15, -0.1) is 0 Å². The number of hydrogen-bond acceptors (Lipinski definition) is 4. The van der Waals surface area contributed by atoms with Gasteiger partial charge in [0, 0.05) is 44.0 Å². The van der Waals surface area contributed by atoms with Crippen LogP contribution in [0.3, 0.4) is 0 Å². The number of para-hydroxylation sites is 4. The zero-order chi connectivity index (χ0) is 40.4. The van der Waals surface area contributed by atoms with Crippen LogP contribution in [0, 0.1) is 0 Å². The minimum Gasteiger partial charge on any atom is -0.309 e. The summed E-state index contributed by atoms with van der Waals surface area (Å²) in [6, 6.07) is 70.0. The summed E-state index contributed by atoms with van der Waals surface area (Å²) in [4.78, 5) is 30.8. The molecular formula is C54H34N6O.